The highest BCUT2D eigenvalue weighted by Gasteiger charge is 2.43. The average Bonchev–Trinajstić information content (AvgIpc) is 2.57. The molecule has 120 valence electrons. The van der Waals surface area contributed by atoms with E-state index in [2.05, 4.69) is 0 Å². The topological polar surface area (TPSA) is 89.6 Å². The Morgan fingerprint density at radius 1 is 1.09 bits per heavy atom. The summed E-state index contributed by atoms with van der Waals surface area (Å²) in [5, 5.41) is 9.35. The molecule has 0 aliphatic carbocycles. The fourth-order valence-corrected chi connectivity index (χ4v) is 2.29. The number of carbonyl (C=O) groups excluding carboxylic acids is 2. The summed E-state index contributed by atoms with van der Waals surface area (Å²) in [6, 6.07) is 14.6. The lowest BCUT2D eigenvalue weighted by atomic mass is 9.84. The van der Waals surface area contributed by atoms with Crippen molar-refractivity contribution in [3.63, 3.8) is 0 Å². The van der Waals surface area contributed by atoms with Gasteiger partial charge in [-0.25, -0.2) is 4.79 Å². The second kappa shape index (κ2) is 7.07. The second-order valence-electron chi connectivity index (χ2n) is 5.23. The Morgan fingerprint density at radius 3 is 2.26 bits per heavy atom. The minimum absolute atomic E-state index is 0.0140. The molecule has 0 amide bonds. The van der Waals surface area contributed by atoms with E-state index in [4.69, 9.17) is 10.5 Å². The number of phenolic OH excluding ortho intramolecular Hbond substituents is 1. The van der Waals surface area contributed by atoms with E-state index in [0.29, 0.717) is 11.1 Å². The number of carbonyl (C=O) groups is 2. The van der Waals surface area contributed by atoms with E-state index in [1.807, 2.05) is 0 Å². The first-order valence-electron chi connectivity index (χ1n) is 7.31. The van der Waals surface area contributed by atoms with Crippen molar-refractivity contribution in [3.8, 4) is 5.75 Å². The summed E-state index contributed by atoms with van der Waals surface area (Å²) in [7, 11) is 0. The van der Waals surface area contributed by atoms with E-state index in [9.17, 15) is 14.7 Å². The number of ketones is 1. The van der Waals surface area contributed by atoms with Gasteiger partial charge in [0.05, 0.1) is 6.61 Å². The lowest BCUT2D eigenvalue weighted by molar-refractivity contribution is -0.147. The minimum Gasteiger partial charge on any atom is -0.508 e. The van der Waals surface area contributed by atoms with Gasteiger partial charge in [0.2, 0.25) is 0 Å². The van der Waals surface area contributed by atoms with Crippen LogP contribution in [0.25, 0.3) is 0 Å². The molecular weight excluding hydrogens is 294 g/mol. The molecule has 0 fully saturated rings. The van der Waals surface area contributed by atoms with Crippen molar-refractivity contribution >= 4 is 11.8 Å². The van der Waals surface area contributed by atoms with Gasteiger partial charge >= 0.3 is 5.97 Å². The van der Waals surface area contributed by atoms with Crippen molar-refractivity contribution < 1.29 is 19.4 Å². The maximum atomic E-state index is 12.8. The molecule has 5 heteroatoms. The van der Waals surface area contributed by atoms with Crippen molar-refractivity contribution in [2.24, 2.45) is 5.73 Å². The molecule has 0 saturated heterocycles. The van der Waals surface area contributed by atoms with Gasteiger partial charge in [0.15, 0.2) is 11.3 Å². The Labute approximate surface area is 134 Å². The molecule has 5 nitrogen and oxygen atoms in total. The molecule has 0 aliphatic rings. The largest absolute Gasteiger partial charge is 0.508 e. The van der Waals surface area contributed by atoms with Crippen molar-refractivity contribution in [2.75, 3.05) is 6.61 Å². The second-order valence-corrected chi connectivity index (χ2v) is 5.23. The Bertz CT molecular complexity index is 682. The summed E-state index contributed by atoms with van der Waals surface area (Å²) in [6.07, 6.45) is -0.0140. The van der Waals surface area contributed by atoms with Gasteiger partial charge in [0.1, 0.15) is 5.75 Å². The van der Waals surface area contributed by atoms with Gasteiger partial charge in [-0.3, -0.25) is 4.79 Å². The molecule has 23 heavy (non-hydrogen) atoms. The number of nitrogens with two attached hydrogens (primary N) is 1. The van der Waals surface area contributed by atoms with Gasteiger partial charge in [-0.2, -0.15) is 0 Å². The maximum absolute atomic E-state index is 12.8. The fraction of sp³-hybridized carbons (Fsp3) is 0.222. The van der Waals surface area contributed by atoms with E-state index in [0.717, 1.165) is 0 Å². The van der Waals surface area contributed by atoms with E-state index in [1.165, 1.54) is 12.1 Å². The third kappa shape index (κ3) is 3.76. The van der Waals surface area contributed by atoms with Crippen LogP contribution < -0.4 is 5.73 Å². The van der Waals surface area contributed by atoms with Crippen LogP contribution in [0.1, 0.15) is 22.8 Å². The van der Waals surface area contributed by atoms with E-state index >= 15 is 0 Å². The summed E-state index contributed by atoms with van der Waals surface area (Å²) in [6.45, 7) is 1.79. The Hall–Kier alpha value is -2.66. The number of benzene rings is 2. The molecule has 0 bridgehead atoms. The summed E-state index contributed by atoms with van der Waals surface area (Å²) in [4.78, 5) is 25.1. The third-order valence-electron chi connectivity index (χ3n) is 3.50. The van der Waals surface area contributed by atoms with E-state index in [1.54, 1.807) is 49.4 Å². The van der Waals surface area contributed by atoms with Gasteiger partial charge in [-0.05, 0) is 24.6 Å². The van der Waals surface area contributed by atoms with Gasteiger partial charge in [-0.1, -0.05) is 42.5 Å². The standard InChI is InChI=1S/C18H19NO4/c1-2-23-17(22)18(19,12-13-8-10-15(20)11-9-13)16(21)14-6-4-3-5-7-14/h3-11,20H,2,12,19H2,1H3. The van der Waals surface area contributed by atoms with Crippen LogP contribution in [0.4, 0.5) is 0 Å². The zero-order valence-electron chi connectivity index (χ0n) is 12.9. The molecule has 3 N–H and O–H groups in total. The number of phenols is 1. The summed E-state index contributed by atoms with van der Waals surface area (Å²) in [5.41, 5.74) is 5.38. The fourth-order valence-electron chi connectivity index (χ4n) is 2.29. The molecular formula is C18H19NO4. The Morgan fingerprint density at radius 2 is 1.70 bits per heavy atom. The van der Waals surface area contributed by atoms with Crippen molar-refractivity contribution in [1.82, 2.24) is 0 Å². The van der Waals surface area contributed by atoms with Crippen molar-refractivity contribution in [1.29, 1.82) is 0 Å². The lowest BCUT2D eigenvalue weighted by Crippen LogP contribution is -2.57. The van der Waals surface area contributed by atoms with Crippen LogP contribution in [0.2, 0.25) is 0 Å². The summed E-state index contributed by atoms with van der Waals surface area (Å²) in [5.74, 6) is -1.16. The predicted molar refractivity (Wildman–Crippen MR) is 86.1 cm³/mol. The molecule has 1 unspecified atom stereocenters. The molecule has 2 aromatic carbocycles. The quantitative estimate of drug-likeness (QED) is 0.484. The Kier molecular flexibility index (Phi) is 5.13. The first-order chi connectivity index (χ1) is 11.0. The highest BCUT2D eigenvalue weighted by molar-refractivity contribution is 6.16. The van der Waals surface area contributed by atoms with Crippen LogP contribution in [-0.2, 0) is 16.0 Å². The molecule has 0 saturated carbocycles. The van der Waals surface area contributed by atoms with Gasteiger partial charge < -0.3 is 15.6 Å². The summed E-state index contributed by atoms with van der Waals surface area (Å²) < 4.78 is 5.01. The van der Waals surface area contributed by atoms with Crippen LogP contribution in [-0.4, -0.2) is 29.0 Å². The third-order valence-corrected chi connectivity index (χ3v) is 3.50. The van der Waals surface area contributed by atoms with Crippen molar-refractivity contribution in [2.45, 2.75) is 18.9 Å². The minimum atomic E-state index is -1.81. The molecule has 0 heterocycles. The SMILES string of the molecule is CCOC(=O)C(N)(Cc1ccc(O)cc1)C(=O)c1ccccc1. The van der Waals surface area contributed by atoms with Crippen LogP contribution >= 0.6 is 0 Å². The smallest absolute Gasteiger partial charge is 0.334 e. The average molecular weight is 313 g/mol. The molecule has 2 aromatic rings. The maximum Gasteiger partial charge on any atom is 0.334 e. The van der Waals surface area contributed by atoms with Crippen molar-refractivity contribution in [3.05, 3.63) is 65.7 Å². The van der Waals surface area contributed by atoms with Gasteiger partial charge in [0.25, 0.3) is 0 Å². The number of hydrogen-bond donors (Lipinski definition) is 2. The van der Waals surface area contributed by atoms with Crippen LogP contribution in [0.3, 0.4) is 0 Å². The lowest BCUT2D eigenvalue weighted by Gasteiger charge is -2.26. The van der Waals surface area contributed by atoms with Crippen LogP contribution in [0.15, 0.2) is 54.6 Å². The molecule has 0 radical (unpaired) electrons. The van der Waals surface area contributed by atoms with E-state index < -0.39 is 17.3 Å². The molecule has 1 atom stereocenters. The van der Waals surface area contributed by atoms with Crippen LogP contribution in [0, 0.1) is 0 Å². The predicted octanol–water partition coefficient (Wildman–Crippen LogP) is 2.08. The highest BCUT2D eigenvalue weighted by atomic mass is 16.5. The Balaban J connectivity index is 2.37. The summed E-state index contributed by atoms with van der Waals surface area (Å²) >= 11 is 0. The number of rotatable bonds is 6. The molecule has 0 aliphatic heterocycles. The first-order valence-corrected chi connectivity index (χ1v) is 7.31. The number of hydrogen-bond acceptors (Lipinski definition) is 5. The van der Waals surface area contributed by atoms with Crippen LogP contribution in [0.5, 0.6) is 5.75 Å². The zero-order chi connectivity index (χ0) is 16.9. The number of ether oxygens (including phenoxy) is 1. The highest BCUT2D eigenvalue weighted by Crippen LogP contribution is 2.20. The normalized spacial score (nSPS) is 13.1. The van der Waals surface area contributed by atoms with Gasteiger partial charge in [0, 0.05) is 12.0 Å². The monoisotopic (exact) mass is 313 g/mol. The molecule has 0 spiro atoms. The van der Waals surface area contributed by atoms with E-state index in [-0.39, 0.29) is 18.8 Å². The number of Topliss-reactive ketones (excluding diaryl/α,β-unsaturated/α-hetero) is 1. The first kappa shape index (κ1) is 16.7. The molecule has 2 rings (SSSR count). The number of aromatic hydroxyl groups is 1. The molecule has 0 aromatic heterocycles. The van der Waals surface area contributed by atoms with Gasteiger partial charge in [-0.15, -0.1) is 0 Å². The number of esters is 1. The zero-order valence-corrected chi connectivity index (χ0v) is 12.9.